The molecule has 1 heterocycles. The highest BCUT2D eigenvalue weighted by Gasteiger charge is 2.13. The van der Waals surface area contributed by atoms with E-state index in [9.17, 15) is 4.79 Å². The minimum absolute atomic E-state index is 0.0441. The van der Waals surface area contributed by atoms with Crippen molar-refractivity contribution in [3.8, 4) is 22.9 Å². The molecule has 0 saturated carbocycles. The molecule has 0 saturated heterocycles. The van der Waals surface area contributed by atoms with E-state index in [1.54, 1.807) is 11.7 Å². The molecular formula is C26H25BrN2O3. The van der Waals surface area contributed by atoms with Crippen LogP contribution in [0.5, 0.6) is 11.5 Å². The Morgan fingerprint density at radius 2 is 1.69 bits per heavy atom. The first-order valence-electron chi connectivity index (χ1n) is 10.5. The molecule has 4 aromatic rings. The molecule has 0 unspecified atom stereocenters. The maximum Gasteiger partial charge on any atom is 0.261 e. The van der Waals surface area contributed by atoms with Crippen LogP contribution in [0, 0.1) is 13.8 Å². The van der Waals surface area contributed by atoms with E-state index in [1.165, 1.54) is 0 Å². The molecule has 32 heavy (non-hydrogen) atoms. The van der Waals surface area contributed by atoms with Crippen LogP contribution in [0.2, 0.25) is 0 Å². The standard InChI is InChI=1S/C26H25BrN2O3/c1-17-15-20(27)16-18(2)24(17)32-14-6-13-29-25(19-9-11-21(31-3)12-10-19)28-23-8-5-4-7-22(23)26(29)30/h4-5,7-12,15-16H,6,13-14H2,1-3H3. The van der Waals surface area contributed by atoms with Crippen molar-refractivity contribution in [2.45, 2.75) is 26.8 Å². The van der Waals surface area contributed by atoms with Crippen LogP contribution in [0.4, 0.5) is 0 Å². The molecule has 0 amide bonds. The number of ether oxygens (including phenoxy) is 2. The third-order valence-electron chi connectivity index (χ3n) is 5.41. The van der Waals surface area contributed by atoms with Crippen molar-refractivity contribution in [1.82, 2.24) is 9.55 Å². The Bertz CT molecular complexity index is 1290. The summed E-state index contributed by atoms with van der Waals surface area (Å²) < 4.78 is 14.1. The molecule has 0 aliphatic heterocycles. The van der Waals surface area contributed by atoms with Crippen LogP contribution in [0.15, 0.2) is 69.9 Å². The van der Waals surface area contributed by atoms with Gasteiger partial charge in [-0.3, -0.25) is 9.36 Å². The molecule has 1 aromatic heterocycles. The van der Waals surface area contributed by atoms with Gasteiger partial charge in [-0.1, -0.05) is 28.1 Å². The van der Waals surface area contributed by atoms with Crippen LogP contribution in [-0.2, 0) is 6.54 Å². The average molecular weight is 493 g/mol. The number of methoxy groups -OCH3 is 1. The molecule has 0 N–H and O–H groups in total. The van der Waals surface area contributed by atoms with Crippen molar-refractivity contribution in [3.05, 3.63) is 86.6 Å². The van der Waals surface area contributed by atoms with Gasteiger partial charge in [0.25, 0.3) is 5.56 Å². The Morgan fingerprint density at radius 1 is 1.00 bits per heavy atom. The van der Waals surface area contributed by atoms with E-state index in [2.05, 4.69) is 15.9 Å². The molecule has 0 fully saturated rings. The summed E-state index contributed by atoms with van der Waals surface area (Å²) in [6, 6.07) is 19.2. The van der Waals surface area contributed by atoms with Gasteiger partial charge in [-0.25, -0.2) is 4.98 Å². The minimum Gasteiger partial charge on any atom is -0.497 e. The first kappa shape index (κ1) is 22.1. The van der Waals surface area contributed by atoms with E-state index >= 15 is 0 Å². The number of para-hydroxylation sites is 1. The highest BCUT2D eigenvalue weighted by molar-refractivity contribution is 9.10. The van der Waals surface area contributed by atoms with E-state index in [-0.39, 0.29) is 5.56 Å². The molecule has 0 aliphatic rings. The fourth-order valence-electron chi connectivity index (χ4n) is 3.86. The molecule has 0 radical (unpaired) electrons. The molecule has 5 nitrogen and oxygen atoms in total. The summed E-state index contributed by atoms with van der Waals surface area (Å²) in [5, 5.41) is 0.616. The summed E-state index contributed by atoms with van der Waals surface area (Å²) in [5.74, 6) is 2.30. The monoisotopic (exact) mass is 492 g/mol. The van der Waals surface area contributed by atoms with Gasteiger partial charge in [0.2, 0.25) is 0 Å². The van der Waals surface area contributed by atoms with Gasteiger partial charge in [0.15, 0.2) is 0 Å². The van der Waals surface area contributed by atoms with Gasteiger partial charge in [-0.15, -0.1) is 0 Å². The third kappa shape index (κ3) is 4.55. The summed E-state index contributed by atoms with van der Waals surface area (Å²) >= 11 is 3.52. The van der Waals surface area contributed by atoms with Crippen molar-refractivity contribution in [2.75, 3.05) is 13.7 Å². The Hall–Kier alpha value is -3.12. The Morgan fingerprint density at radius 3 is 2.38 bits per heavy atom. The van der Waals surface area contributed by atoms with Crippen LogP contribution in [0.25, 0.3) is 22.3 Å². The summed E-state index contributed by atoms with van der Waals surface area (Å²) in [6.07, 6.45) is 0.679. The molecule has 0 spiro atoms. The van der Waals surface area contributed by atoms with E-state index in [0.29, 0.717) is 36.3 Å². The minimum atomic E-state index is -0.0441. The molecule has 0 bridgehead atoms. The molecule has 4 rings (SSSR count). The zero-order valence-electron chi connectivity index (χ0n) is 18.4. The van der Waals surface area contributed by atoms with Gasteiger partial charge in [-0.05, 0) is 79.9 Å². The number of aryl methyl sites for hydroxylation is 2. The maximum absolute atomic E-state index is 13.3. The third-order valence-corrected chi connectivity index (χ3v) is 5.87. The van der Waals surface area contributed by atoms with E-state index in [4.69, 9.17) is 14.5 Å². The van der Waals surface area contributed by atoms with Crippen LogP contribution < -0.4 is 15.0 Å². The average Bonchev–Trinajstić information content (AvgIpc) is 2.79. The summed E-state index contributed by atoms with van der Waals surface area (Å²) in [6.45, 7) is 5.08. The van der Waals surface area contributed by atoms with Gasteiger partial charge >= 0.3 is 0 Å². The lowest BCUT2D eigenvalue weighted by molar-refractivity contribution is 0.297. The van der Waals surface area contributed by atoms with Crippen LogP contribution in [-0.4, -0.2) is 23.3 Å². The predicted molar refractivity (Wildman–Crippen MR) is 132 cm³/mol. The number of benzene rings is 3. The summed E-state index contributed by atoms with van der Waals surface area (Å²) in [5.41, 5.74) is 3.68. The normalized spacial score (nSPS) is 11.0. The zero-order chi connectivity index (χ0) is 22.7. The number of nitrogens with zero attached hydrogens (tertiary/aromatic N) is 2. The van der Waals surface area contributed by atoms with Gasteiger partial charge in [0.1, 0.15) is 17.3 Å². The van der Waals surface area contributed by atoms with Crippen LogP contribution in [0.3, 0.4) is 0 Å². The summed E-state index contributed by atoms with van der Waals surface area (Å²) in [4.78, 5) is 18.1. The number of rotatable bonds is 7. The predicted octanol–water partition coefficient (Wildman–Crippen LogP) is 5.92. The second-order valence-electron chi connectivity index (χ2n) is 7.71. The highest BCUT2D eigenvalue weighted by Crippen LogP contribution is 2.27. The SMILES string of the molecule is COc1ccc(-c2nc3ccccc3c(=O)n2CCCOc2c(C)cc(Br)cc2C)cc1. The van der Waals surface area contributed by atoms with Gasteiger partial charge in [-0.2, -0.15) is 0 Å². The Balaban J connectivity index is 1.62. The largest absolute Gasteiger partial charge is 0.497 e. The molecule has 164 valence electrons. The number of hydrogen-bond acceptors (Lipinski definition) is 4. The summed E-state index contributed by atoms with van der Waals surface area (Å²) in [7, 11) is 1.63. The lowest BCUT2D eigenvalue weighted by atomic mass is 10.1. The fourth-order valence-corrected chi connectivity index (χ4v) is 4.54. The van der Waals surface area contributed by atoms with Gasteiger partial charge < -0.3 is 9.47 Å². The van der Waals surface area contributed by atoms with Crippen LogP contribution >= 0.6 is 15.9 Å². The first-order chi connectivity index (χ1) is 15.5. The number of aromatic nitrogens is 2. The van der Waals surface area contributed by atoms with Crippen molar-refractivity contribution in [2.24, 2.45) is 0 Å². The first-order valence-corrected chi connectivity index (χ1v) is 11.3. The Kier molecular flexibility index (Phi) is 6.61. The molecule has 0 aliphatic carbocycles. The smallest absolute Gasteiger partial charge is 0.261 e. The van der Waals surface area contributed by atoms with Crippen LogP contribution in [0.1, 0.15) is 17.5 Å². The zero-order valence-corrected chi connectivity index (χ0v) is 20.0. The molecular weight excluding hydrogens is 468 g/mol. The number of hydrogen-bond donors (Lipinski definition) is 0. The topological polar surface area (TPSA) is 53.3 Å². The quantitative estimate of drug-likeness (QED) is 0.300. The highest BCUT2D eigenvalue weighted by atomic mass is 79.9. The van der Waals surface area contributed by atoms with Crippen molar-refractivity contribution < 1.29 is 9.47 Å². The maximum atomic E-state index is 13.3. The Labute approximate surface area is 195 Å². The van der Waals surface area contributed by atoms with Crippen molar-refractivity contribution in [3.63, 3.8) is 0 Å². The fraction of sp³-hybridized carbons (Fsp3) is 0.231. The second-order valence-corrected chi connectivity index (χ2v) is 8.62. The molecule has 6 heteroatoms. The van der Waals surface area contributed by atoms with E-state index in [1.807, 2.05) is 74.5 Å². The number of fused-ring (bicyclic) bond motifs is 1. The van der Waals surface area contributed by atoms with Gasteiger partial charge in [0, 0.05) is 16.6 Å². The second kappa shape index (κ2) is 9.57. The van der Waals surface area contributed by atoms with Gasteiger partial charge in [0.05, 0.1) is 24.6 Å². The van der Waals surface area contributed by atoms with Crippen molar-refractivity contribution >= 4 is 26.8 Å². The lowest BCUT2D eigenvalue weighted by Gasteiger charge is -2.16. The van der Waals surface area contributed by atoms with Crippen molar-refractivity contribution in [1.29, 1.82) is 0 Å². The van der Waals surface area contributed by atoms with E-state index < -0.39 is 0 Å². The molecule has 3 aromatic carbocycles. The number of halogens is 1. The van der Waals surface area contributed by atoms with E-state index in [0.717, 1.165) is 32.7 Å². The molecule has 0 atom stereocenters. The lowest BCUT2D eigenvalue weighted by Crippen LogP contribution is -2.24.